The van der Waals surface area contributed by atoms with Crippen molar-refractivity contribution in [3.8, 4) is 17.3 Å². The van der Waals surface area contributed by atoms with Crippen LogP contribution in [0.1, 0.15) is 29.3 Å². The summed E-state index contributed by atoms with van der Waals surface area (Å²) >= 11 is 15.6. The van der Waals surface area contributed by atoms with Gasteiger partial charge in [0.2, 0.25) is 5.82 Å². The molecule has 35 heavy (non-hydrogen) atoms. The maximum absolute atomic E-state index is 13.0. The van der Waals surface area contributed by atoms with Crippen LogP contribution in [0.4, 0.5) is 0 Å². The van der Waals surface area contributed by atoms with Crippen molar-refractivity contribution in [2.24, 2.45) is 0 Å². The van der Waals surface area contributed by atoms with Gasteiger partial charge in [0.05, 0.1) is 34.9 Å². The molecule has 0 aliphatic carbocycles. The van der Waals surface area contributed by atoms with Crippen molar-refractivity contribution in [1.29, 1.82) is 0 Å². The number of nitrogens with zero attached hydrogens (tertiary/aromatic N) is 5. The smallest absolute Gasteiger partial charge is 0.273 e. The van der Waals surface area contributed by atoms with E-state index in [9.17, 15) is 4.79 Å². The highest BCUT2D eigenvalue weighted by Crippen LogP contribution is 2.34. The maximum Gasteiger partial charge on any atom is 0.273 e. The number of aromatic nitrogens is 4. The minimum Gasteiger partial charge on any atom is -0.461 e. The average molecular weight is 550 g/mol. The third-order valence-electron chi connectivity index (χ3n) is 5.33. The Morgan fingerprint density at radius 1 is 1.20 bits per heavy atom. The summed E-state index contributed by atoms with van der Waals surface area (Å²) in [5.74, 6) is 1.49. The molecule has 1 aliphatic heterocycles. The van der Waals surface area contributed by atoms with Crippen molar-refractivity contribution >= 4 is 52.2 Å². The van der Waals surface area contributed by atoms with E-state index in [1.165, 1.54) is 23.1 Å². The van der Waals surface area contributed by atoms with Crippen LogP contribution in [0.3, 0.4) is 0 Å². The molecule has 0 radical (unpaired) electrons. The molecule has 0 saturated carbocycles. The van der Waals surface area contributed by atoms with Gasteiger partial charge in [0.1, 0.15) is 10.7 Å². The van der Waals surface area contributed by atoms with E-state index >= 15 is 0 Å². The van der Waals surface area contributed by atoms with Gasteiger partial charge < -0.3 is 14.1 Å². The fourth-order valence-electron chi connectivity index (χ4n) is 3.91. The molecule has 0 spiro atoms. The van der Waals surface area contributed by atoms with E-state index in [2.05, 4.69) is 15.2 Å². The van der Waals surface area contributed by atoms with E-state index in [4.69, 9.17) is 32.4 Å². The van der Waals surface area contributed by atoms with Crippen LogP contribution < -0.4 is 0 Å². The molecule has 1 amide bonds. The average Bonchev–Trinajstić information content (AvgIpc) is 3.58. The molecule has 1 aromatic carbocycles. The SMILES string of the molecule is CC1CN(C(=O)c2csc(CSc3nnc(-c4ccco4)n3-c3cc(Cl)ccc3Cl)n2)CC(C)O1. The summed E-state index contributed by atoms with van der Waals surface area (Å²) in [6.07, 6.45) is 1.58. The van der Waals surface area contributed by atoms with Gasteiger partial charge in [0.15, 0.2) is 10.9 Å². The Balaban J connectivity index is 1.38. The molecule has 8 nitrogen and oxygen atoms in total. The number of amides is 1. The summed E-state index contributed by atoms with van der Waals surface area (Å²) < 4.78 is 13.1. The topological polar surface area (TPSA) is 86.3 Å². The first-order valence-electron chi connectivity index (χ1n) is 10.9. The zero-order chi connectivity index (χ0) is 24.5. The molecule has 1 aliphatic rings. The van der Waals surface area contributed by atoms with Gasteiger partial charge in [-0.05, 0) is 44.2 Å². The Labute approximate surface area is 220 Å². The van der Waals surface area contributed by atoms with Crippen molar-refractivity contribution in [2.45, 2.75) is 37.0 Å². The van der Waals surface area contributed by atoms with Gasteiger partial charge in [0, 0.05) is 23.5 Å². The maximum atomic E-state index is 13.0. The number of furan rings is 1. The minimum atomic E-state index is -0.0755. The number of ether oxygens (including phenoxy) is 1. The van der Waals surface area contributed by atoms with E-state index in [1.54, 1.807) is 46.9 Å². The number of carbonyl (C=O) groups is 1. The molecule has 3 aromatic heterocycles. The number of rotatable bonds is 6. The summed E-state index contributed by atoms with van der Waals surface area (Å²) in [5.41, 5.74) is 1.09. The number of carbonyl (C=O) groups excluding carboxylic acids is 1. The van der Waals surface area contributed by atoms with Crippen LogP contribution in [0.2, 0.25) is 10.0 Å². The van der Waals surface area contributed by atoms with Crippen LogP contribution in [0.15, 0.2) is 51.5 Å². The van der Waals surface area contributed by atoms with Gasteiger partial charge in [-0.25, -0.2) is 4.98 Å². The Kier molecular flexibility index (Phi) is 7.17. The number of halogens is 2. The molecule has 182 valence electrons. The van der Waals surface area contributed by atoms with Crippen molar-refractivity contribution in [3.05, 3.63) is 62.7 Å². The Morgan fingerprint density at radius 3 is 2.74 bits per heavy atom. The number of thioether (sulfide) groups is 1. The fourth-order valence-corrected chi connectivity index (χ4v) is 6.01. The summed E-state index contributed by atoms with van der Waals surface area (Å²) in [5, 5.41) is 12.9. The largest absolute Gasteiger partial charge is 0.461 e. The molecule has 1 fully saturated rings. The molecule has 2 atom stereocenters. The van der Waals surface area contributed by atoms with E-state index in [1.807, 2.05) is 18.4 Å². The van der Waals surface area contributed by atoms with Crippen LogP contribution >= 0.6 is 46.3 Å². The molecular formula is C23H21Cl2N5O3S2. The third-order valence-corrected chi connectivity index (χ3v) is 7.85. The molecule has 4 aromatic rings. The Morgan fingerprint density at radius 2 is 2.00 bits per heavy atom. The van der Waals surface area contributed by atoms with Gasteiger partial charge in [0.25, 0.3) is 5.91 Å². The highest BCUT2D eigenvalue weighted by atomic mass is 35.5. The molecule has 0 bridgehead atoms. The summed E-state index contributed by atoms with van der Waals surface area (Å²) in [6, 6.07) is 8.80. The normalized spacial score (nSPS) is 18.2. The highest BCUT2D eigenvalue weighted by molar-refractivity contribution is 7.98. The highest BCUT2D eigenvalue weighted by Gasteiger charge is 2.28. The first kappa shape index (κ1) is 24.3. The van der Waals surface area contributed by atoms with E-state index in [0.29, 0.717) is 57.0 Å². The van der Waals surface area contributed by atoms with Crippen molar-refractivity contribution in [2.75, 3.05) is 13.1 Å². The van der Waals surface area contributed by atoms with E-state index < -0.39 is 0 Å². The Bertz CT molecular complexity index is 1330. The molecule has 1 saturated heterocycles. The lowest BCUT2D eigenvalue weighted by molar-refractivity contribution is -0.0587. The van der Waals surface area contributed by atoms with Gasteiger partial charge in [-0.1, -0.05) is 35.0 Å². The van der Waals surface area contributed by atoms with Crippen molar-refractivity contribution < 1.29 is 13.9 Å². The van der Waals surface area contributed by atoms with Crippen molar-refractivity contribution in [1.82, 2.24) is 24.6 Å². The quantitative estimate of drug-likeness (QED) is 0.279. The van der Waals surface area contributed by atoms with Crippen LogP contribution in [0.5, 0.6) is 0 Å². The minimum absolute atomic E-state index is 0.00407. The third kappa shape index (κ3) is 5.26. The lowest BCUT2D eigenvalue weighted by Crippen LogP contribution is -2.48. The summed E-state index contributed by atoms with van der Waals surface area (Å²) in [6.45, 7) is 5.06. The van der Waals surface area contributed by atoms with Crippen LogP contribution in [0, 0.1) is 0 Å². The van der Waals surface area contributed by atoms with E-state index in [0.717, 1.165) is 5.01 Å². The first-order valence-corrected chi connectivity index (χ1v) is 13.5. The first-order chi connectivity index (χ1) is 16.9. The molecular weight excluding hydrogens is 529 g/mol. The van der Waals surface area contributed by atoms with Gasteiger partial charge in [-0.3, -0.25) is 9.36 Å². The second kappa shape index (κ2) is 10.3. The monoisotopic (exact) mass is 549 g/mol. The number of thiazole rings is 1. The summed E-state index contributed by atoms with van der Waals surface area (Å²) in [4.78, 5) is 19.4. The zero-order valence-electron chi connectivity index (χ0n) is 18.9. The van der Waals surface area contributed by atoms with E-state index in [-0.39, 0.29) is 18.1 Å². The number of hydrogen-bond donors (Lipinski definition) is 0. The molecule has 4 heterocycles. The molecule has 12 heteroatoms. The predicted molar refractivity (Wildman–Crippen MR) is 137 cm³/mol. The lowest BCUT2D eigenvalue weighted by Gasteiger charge is -2.34. The van der Waals surface area contributed by atoms with Crippen LogP contribution in [-0.4, -0.2) is 55.9 Å². The van der Waals surface area contributed by atoms with Gasteiger partial charge in [-0.15, -0.1) is 21.5 Å². The van der Waals surface area contributed by atoms with Crippen LogP contribution in [0.25, 0.3) is 17.3 Å². The fraction of sp³-hybridized carbons (Fsp3) is 0.304. The second-order valence-corrected chi connectivity index (χ2v) is 10.8. The molecule has 5 rings (SSSR count). The standard InChI is InChI=1S/C23H21Cl2N5O3S2/c1-13-9-29(10-14(2)33-13)22(31)17-11-34-20(26-17)12-35-23-28-27-21(19-4-3-7-32-19)30(23)18-8-15(24)5-6-16(18)25/h3-8,11,13-14H,9-10,12H2,1-2H3. The molecule has 2 unspecified atom stereocenters. The summed E-state index contributed by atoms with van der Waals surface area (Å²) in [7, 11) is 0. The molecule has 0 N–H and O–H groups in total. The van der Waals surface area contributed by atoms with Crippen LogP contribution in [-0.2, 0) is 10.5 Å². The number of benzene rings is 1. The van der Waals surface area contributed by atoms with Crippen molar-refractivity contribution in [3.63, 3.8) is 0 Å². The lowest BCUT2D eigenvalue weighted by atomic mass is 10.2. The van der Waals surface area contributed by atoms with Gasteiger partial charge in [-0.2, -0.15) is 0 Å². The predicted octanol–water partition coefficient (Wildman–Crippen LogP) is 5.83. The number of hydrogen-bond acceptors (Lipinski definition) is 8. The zero-order valence-corrected chi connectivity index (χ0v) is 22.0. The second-order valence-electron chi connectivity index (χ2n) is 8.10. The Hall–Kier alpha value is -2.37. The number of morpholine rings is 1. The van der Waals surface area contributed by atoms with Gasteiger partial charge >= 0.3 is 0 Å².